The summed E-state index contributed by atoms with van der Waals surface area (Å²) in [4.78, 5) is 16.2. The van der Waals surface area contributed by atoms with E-state index in [1.165, 1.54) is 12.1 Å². The van der Waals surface area contributed by atoms with Crippen LogP contribution in [0.3, 0.4) is 0 Å². The molecule has 0 unspecified atom stereocenters. The Morgan fingerprint density at radius 2 is 2.09 bits per heavy atom. The van der Waals surface area contributed by atoms with Gasteiger partial charge in [0.05, 0.1) is 6.61 Å². The Labute approximate surface area is 135 Å². The monoisotopic (exact) mass is 316 g/mol. The molecule has 122 valence electrons. The van der Waals surface area contributed by atoms with Crippen LogP contribution in [0.5, 0.6) is 5.75 Å². The van der Waals surface area contributed by atoms with Crippen LogP contribution in [0.25, 0.3) is 0 Å². The van der Waals surface area contributed by atoms with Crippen molar-refractivity contribution in [3.8, 4) is 11.8 Å². The van der Waals surface area contributed by atoms with Crippen molar-refractivity contribution in [1.29, 1.82) is 5.26 Å². The number of hydrogen-bond acceptors (Lipinski definition) is 6. The minimum absolute atomic E-state index is 0.0175. The molecule has 1 aliphatic heterocycles. The lowest BCUT2D eigenvalue weighted by Gasteiger charge is -2.33. The Morgan fingerprint density at radius 3 is 2.70 bits per heavy atom. The fourth-order valence-corrected chi connectivity index (χ4v) is 2.36. The number of benzene rings is 1. The molecule has 0 aliphatic carbocycles. The number of hydrogen-bond donors (Lipinski definition) is 3. The minimum atomic E-state index is -0.504. The Kier molecular flexibility index (Phi) is 5.97. The second-order valence-corrected chi connectivity index (χ2v) is 5.26. The summed E-state index contributed by atoms with van der Waals surface area (Å²) >= 11 is 0. The number of β-amino-alcohol motifs (C(OH)–C–C–N with tert-alkyl or cyclic N) is 1. The fourth-order valence-electron chi connectivity index (χ4n) is 2.36. The van der Waals surface area contributed by atoms with Crippen LogP contribution in [-0.2, 0) is 4.79 Å². The summed E-state index contributed by atoms with van der Waals surface area (Å²) in [6, 6.07) is 8.08. The zero-order chi connectivity index (χ0) is 16.7. The van der Waals surface area contributed by atoms with Crippen LogP contribution in [0.15, 0.2) is 36.0 Å². The number of nitrogens with one attached hydrogen (secondary N) is 1. The van der Waals surface area contributed by atoms with Gasteiger partial charge in [0.1, 0.15) is 17.4 Å². The number of anilines is 1. The van der Waals surface area contributed by atoms with E-state index in [2.05, 4.69) is 10.2 Å². The normalized spacial score (nSPS) is 16.0. The van der Waals surface area contributed by atoms with Gasteiger partial charge in [0.15, 0.2) is 0 Å². The topological polar surface area (TPSA) is 99.8 Å². The highest BCUT2D eigenvalue weighted by Crippen LogP contribution is 2.16. The number of phenols is 1. The minimum Gasteiger partial charge on any atom is -0.508 e. The molecule has 1 saturated heterocycles. The molecule has 1 amide bonds. The number of carbonyl (C=O) groups excluding carboxylic acids is 1. The van der Waals surface area contributed by atoms with Crippen LogP contribution in [0.2, 0.25) is 0 Å². The maximum absolute atomic E-state index is 12.1. The lowest BCUT2D eigenvalue weighted by Crippen LogP contribution is -2.45. The summed E-state index contributed by atoms with van der Waals surface area (Å²) in [6.45, 7) is 3.73. The third-order valence-electron chi connectivity index (χ3n) is 3.60. The van der Waals surface area contributed by atoms with Gasteiger partial charge < -0.3 is 20.4 Å². The number of phenolic OH excluding ortho intramolecular Hbond substituents is 1. The van der Waals surface area contributed by atoms with Gasteiger partial charge in [-0.2, -0.15) is 5.26 Å². The maximum Gasteiger partial charge on any atom is 0.267 e. The van der Waals surface area contributed by atoms with Crippen molar-refractivity contribution in [3.05, 3.63) is 36.0 Å². The van der Waals surface area contributed by atoms with E-state index in [1.54, 1.807) is 18.3 Å². The van der Waals surface area contributed by atoms with E-state index >= 15 is 0 Å². The van der Waals surface area contributed by atoms with E-state index in [0.29, 0.717) is 25.3 Å². The average Bonchev–Trinajstić information content (AvgIpc) is 2.54. The fraction of sp³-hybridized carbons (Fsp3) is 0.375. The number of amides is 1. The number of aliphatic hydroxyl groups excluding tert-OH is 1. The molecule has 7 heteroatoms. The SMILES string of the molecule is N#C/C(=C/N1CCN(CCO)CC1)C(=O)Nc1cccc(O)c1. The molecule has 2 rings (SSSR count). The van der Waals surface area contributed by atoms with E-state index in [9.17, 15) is 15.2 Å². The maximum atomic E-state index is 12.1. The van der Waals surface area contributed by atoms with Crippen molar-refractivity contribution in [2.24, 2.45) is 0 Å². The first kappa shape index (κ1) is 16.8. The lowest BCUT2D eigenvalue weighted by atomic mass is 10.2. The molecule has 3 N–H and O–H groups in total. The predicted octanol–water partition coefficient (Wildman–Crippen LogP) is 0.348. The largest absolute Gasteiger partial charge is 0.508 e. The van der Waals surface area contributed by atoms with Crippen molar-refractivity contribution in [2.45, 2.75) is 0 Å². The number of aliphatic hydroxyl groups is 1. The molecule has 0 spiro atoms. The molecule has 23 heavy (non-hydrogen) atoms. The molecular formula is C16H20N4O3. The third kappa shape index (κ3) is 4.98. The van der Waals surface area contributed by atoms with Gasteiger partial charge in [0.2, 0.25) is 0 Å². The Balaban J connectivity index is 1.96. The van der Waals surface area contributed by atoms with Crippen LogP contribution in [0.4, 0.5) is 5.69 Å². The molecule has 1 aliphatic rings. The zero-order valence-corrected chi connectivity index (χ0v) is 12.8. The summed E-state index contributed by atoms with van der Waals surface area (Å²) < 4.78 is 0. The van der Waals surface area contributed by atoms with Gasteiger partial charge in [0, 0.05) is 50.7 Å². The third-order valence-corrected chi connectivity index (χ3v) is 3.60. The smallest absolute Gasteiger partial charge is 0.267 e. The Hall–Kier alpha value is -2.56. The van der Waals surface area contributed by atoms with Crippen LogP contribution in [0, 0.1) is 11.3 Å². The summed E-state index contributed by atoms with van der Waals surface area (Å²) in [6.07, 6.45) is 1.56. The molecule has 1 fully saturated rings. The van der Waals surface area contributed by atoms with Gasteiger partial charge in [-0.1, -0.05) is 6.07 Å². The van der Waals surface area contributed by atoms with Crippen molar-refractivity contribution >= 4 is 11.6 Å². The molecular weight excluding hydrogens is 296 g/mol. The molecule has 0 aromatic heterocycles. The number of aromatic hydroxyl groups is 1. The number of carbonyl (C=O) groups is 1. The van der Waals surface area contributed by atoms with Gasteiger partial charge in [-0.3, -0.25) is 9.69 Å². The van der Waals surface area contributed by atoms with Crippen LogP contribution in [0.1, 0.15) is 0 Å². The molecule has 1 aromatic rings. The van der Waals surface area contributed by atoms with Gasteiger partial charge in [-0.25, -0.2) is 0 Å². The van der Waals surface area contributed by atoms with Gasteiger partial charge in [-0.05, 0) is 12.1 Å². The van der Waals surface area contributed by atoms with Crippen LogP contribution < -0.4 is 5.32 Å². The highest BCUT2D eigenvalue weighted by atomic mass is 16.3. The number of piperazine rings is 1. The summed E-state index contributed by atoms with van der Waals surface area (Å²) in [7, 11) is 0. The molecule has 0 bridgehead atoms. The second-order valence-electron chi connectivity index (χ2n) is 5.26. The first-order valence-electron chi connectivity index (χ1n) is 7.42. The Bertz CT molecular complexity index is 616. The average molecular weight is 316 g/mol. The molecule has 7 nitrogen and oxygen atoms in total. The zero-order valence-electron chi connectivity index (χ0n) is 12.8. The van der Waals surface area contributed by atoms with Gasteiger partial charge >= 0.3 is 0 Å². The van der Waals surface area contributed by atoms with Gasteiger partial charge in [-0.15, -0.1) is 0 Å². The molecule has 1 aromatic carbocycles. The van der Waals surface area contributed by atoms with E-state index in [4.69, 9.17) is 5.11 Å². The Morgan fingerprint density at radius 1 is 1.35 bits per heavy atom. The highest BCUT2D eigenvalue weighted by molar-refractivity contribution is 6.06. The first-order chi connectivity index (χ1) is 11.1. The molecule has 1 heterocycles. The number of rotatable bonds is 5. The summed E-state index contributed by atoms with van der Waals surface area (Å²) in [5.74, 6) is -0.457. The van der Waals surface area contributed by atoms with Crippen molar-refractivity contribution in [2.75, 3.05) is 44.6 Å². The molecule has 0 atom stereocenters. The van der Waals surface area contributed by atoms with Crippen molar-refractivity contribution < 1.29 is 15.0 Å². The van der Waals surface area contributed by atoms with Crippen LogP contribution in [-0.4, -0.2) is 65.3 Å². The standard InChI is InChI=1S/C16H20N4O3/c17-11-13(12-20-6-4-19(5-7-20)8-9-21)16(23)18-14-2-1-3-15(22)10-14/h1-3,10,12,21-22H,4-9H2,(H,18,23)/b13-12-. The second kappa shape index (κ2) is 8.17. The molecule has 0 saturated carbocycles. The number of nitrogens with zero attached hydrogens (tertiary/aromatic N) is 3. The highest BCUT2D eigenvalue weighted by Gasteiger charge is 2.17. The van der Waals surface area contributed by atoms with Crippen molar-refractivity contribution in [3.63, 3.8) is 0 Å². The molecule has 0 radical (unpaired) electrons. The van der Waals surface area contributed by atoms with Crippen molar-refractivity contribution in [1.82, 2.24) is 9.80 Å². The van der Waals surface area contributed by atoms with Crippen LogP contribution >= 0.6 is 0 Å². The van der Waals surface area contributed by atoms with E-state index in [1.807, 2.05) is 11.0 Å². The summed E-state index contributed by atoms with van der Waals surface area (Å²) in [5.41, 5.74) is 0.452. The van der Waals surface area contributed by atoms with E-state index in [0.717, 1.165) is 13.1 Å². The van der Waals surface area contributed by atoms with Gasteiger partial charge in [0.25, 0.3) is 5.91 Å². The number of nitriles is 1. The van der Waals surface area contributed by atoms with E-state index in [-0.39, 0.29) is 17.9 Å². The lowest BCUT2D eigenvalue weighted by molar-refractivity contribution is -0.112. The first-order valence-corrected chi connectivity index (χ1v) is 7.42. The quantitative estimate of drug-likeness (QED) is 0.535. The summed E-state index contributed by atoms with van der Waals surface area (Å²) in [5, 5.41) is 30.1. The predicted molar refractivity (Wildman–Crippen MR) is 85.5 cm³/mol. The van der Waals surface area contributed by atoms with E-state index < -0.39 is 5.91 Å².